The minimum Gasteiger partial charge on any atom is -0.496 e. The Morgan fingerprint density at radius 2 is 1.11 bits per heavy atom. The second kappa shape index (κ2) is 8.86. The van der Waals surface area contributed by atoms with Gasteiger partial charge in [-0.25, -0.2) is 0 Å². The third-order valence-electron chi connectivity index (χ3n) is 6.83. The van der Waals surface area contributed by atoms with Gasteiger partial charge in [0, 0.05) is 16.5 Å². The fourth-order valence-electron chi connectivity index (χ4n) is 5.05. The largest absolute Gasteiger partial charge is 0.496 e. The summed E-state index contributed by atoms with van der Waals surface area (Å²) < 4.78 is 11.6. The Kier molecular flexibility index (Phi) is 5.38. The normalized spacial score (nSPS) is 11.2. The molecule has 0 atom stereocenters. The first-order valence-electron chi connectivity index (χ1n) is 11.9. The number of carbonyl (C=O) groups excluding carboxylic acids is 1. The van der Waals surface area contributed by atoms with Gasteiger partial charge in [-0.15, -0.1) is 0 Å². The van der Waals surface area contributed by atoms with Gasteiger partial charge >= 0.3 is 0 Å². The van der Waals surface area contributed by atoms with Crippen LogP contribution in [0.25, 0.3) is 43.4 Å². The molecule has 0 spiro atoms. The molecular formula is C33H24O3. The van der Waals surface area contributed by atoms with E-state index in [1.807, 2.05) is 78.9 Å². The van der Waals surface area contributed by atoms with Gasteiger partial charge in [0.05, 0.1) is 19.8 Å². The Bertz CT molecular complexity index is 1780. The molecule has 0 aromatic heterocycles. The average molecular weight is 469 g/mol. The molecule has 0 N–H and O–H groups in total. The lowest BCUT2D eigenvalue weighted by Crippen LogP contribution is -2.06. The highest BCUT2D eigenvalue weighted by atomic mass is 16.5. The van der Waals surface area contributed by atoms with Crippen molar-refractivity contribution >= 4 is 38.1 Å². The molecule has 6 aromatic carbocycles. The van der Waals surface area contributed by atoms with Crippen LogP contribution in [0.3, 0.4) is 0 Å². The van der Waals surface area contributed by atoms with Crippen LogP contribution in [0.5, 0.6) is 11.5 Å². The van der Waals surface area contributed by atoms with Crippen molar-refractivity contribution in [1.29, 1.82) is 0 Å². The minimum absolute atomic E-state index is 0.0847. The third-order valence-corrected chi connectivity index (χ3v) is 6.83. The van der Waals surface area contributed by atoms with Crippen LogP contribution >= 0.6 is 0 Å². The molecule has 0 aliphatic heterocycles. The molecule has 6 rings (SSSR count). The van der Waals surface area contributed by atoms with E-state index in [-0.39, 0.29) is 5.78 Å². The van der Waals surface area contributed by atoms with E-state index in [4.69, 9.17) is 9.47 Å². The number of hydrogen-bond acceptors (Lipinski definition) is 3. The summed E-state index contributed by atoms with van der Waals surface area (Å²) in [5.74, 6) is 1.16. The van der Waals surface area contributed by atoms with Gasteiger partial charge in [0.25, 0.3) is 0 Å². The summed E-state index contributed by atoms with van der Waals surface area (Å²) in [4.78, 5) is 14.2. The number of carbonyl (C=O) groups is 1. The van der Waals surface area contributed by atoms with E-state index in [9.17, 15) is 4.79 Å². The van der Waals surface area contributed by atoms with Gasteiger partial charge in [-0.3, -0.25) is 4.79 Å². The lowest BCUT2D eigenvalue weighted by atomic mass is 9.88. The molecule has 0 fully saturated rings. The number of fused-ring (bicyclic) bond motifs is 3. The van der Waals surface area contributed by atoms with E-state index in [0.29, 0.717) is 22.6 Å². The number of ketones is 1. The zero-order chi connectivity index (χ0) is 24.6. The van der Waals surface area contributed by atoms with Gasteiger partial charge in [0.15, 0.2) is 5.78 Å². The van der Waals surface area contributed by atoms with Gasteiger partial charge in [0.2, 0.25) is 0 Å². The third kappa shape index (κ3) is 3.57. The molecule has 0 bridgehead atoms. The van der Waals surface area contributed by atoms with Crippen LogP contribution < -0.4 is 9.47 Å². The van der Waals surface area contributed by atoms with Gasteiger partial charge < -0.3 is 9.47 Å². The number of ether oxygens (including phenoxy) is 2. The summed E-state index contributed by atoms with van der Waals surface area (Å²) in [5.41, 5.74) is 3.01. The van der Waals surface area contributed by atoms with E-state index >= 15 is 0 Å². The highest BCUT2D eigenvalue weighted by Crippen LogP contribution is 2.43. The average Bonchev–Trinajstić information content (AvgIpc) is 2.94. The number of benzene rings is 6. The van der Waals surface area contributed by atoms with E-state index < -0.39 is 0 Å². The van der Waals surface area contributed by atoms with Crippen LogP contribution in [0.2, 0.25) is 0 Å². The molecule has 0 radical (unpaired) electrons. The van der Waals surface area contributed by atoms with Crippen LogP contribution in [0.15, 0.2) is 109 Å². The molecule has 6 aromatic rings. The molecule has 0 aliphatic carbocycles. The second-order valence-electron chi connectivity index (χ2n) is 8.84. The molecule has 0 saturated heterocycles. The number of hydrogen-bond donors (Lipinski definition) is 0. The van der Waals surface area contributed by atoms with Crippen molar-refractivity contribution in [2.24, 2.45) is 0 Å². The van der Waals surface area contributed by atoms with Crippen molar-refractivity contribution in [1.82, 2.24) is 0 Å². The lowest BCUT2D eigenvalue weighted by molar-refractivity contribution is 0.103. The Balaban J connectivity index is 1.66. The number of methoxy groups -OCH3 is 2. The van der Waals surface area contributed by atoms with Crippen LogP contribution in [0.1, 0.15) is 15.9 Å². The topological polar surface area (TPSA) is 35.5 Å². The predicted octanol–water partition coefficient (Wildman–Crippen LogP) is 8.06. The fraction of sp³-hybridized carbons (Fsp3) is 0.0606. The van der Waals surface area contributed by atoms with E-state index in [1.54, 1.807) is 14.2 Å². The zero-order valence-corrected chi connectivity index (χ0v) is 20.1. The first-order chi connectivity index (χ1) is 17.7. The molecule has 0 aliphatic rings. The Morgan fingerprint density at radius 1 is 0.556 bits per heavy atom. The molecular weight excluding hydrogens is 444 g/mol. The van der Waals surface area contributed by atoms with Gasteiger partial charge in [-0.1, -0.05) is 84.9 Å². The maximum absolute atomic E-state index is 14.2. The summed E-state index contributed by atoms with van der Waals surface area (Å²) in [5, 5.41) is 6.17. The summed E-state index contributed by atoms with van der Waals surface area (Å²) in [6.07, 6.45) is 0. The standard InChI is InChI=1S/C33H24O3/c1-35-28-17-15-23-16-18-29(36-2)32(33(34)27-14-12-22-8-4-6-10-25(22)20-27)31(23)30(28)26-13-11-21-7-3-5-9-24(21)19-26/h3-20H,1-2H3. The SMILES string of the molecule is COc1ccc2ccc(OC)c(-c3ccc4ccccc4c3)c2c1C(=O)c1ccc2ccccc2c1. The summed E-state index contributed by atoms with van der Waals surface area (Å²) in [6.45, 7) is 0. The van der Waals surface area contributed by atoms with Crippen molar-refractivity contribution in [3.05, 3.63) is 120 Å². The molecule has 0 saturated carbocycles. The predicted molar refractivity (Wildman–Crippen MR) is 147 cm³/mol. The van der Waals surface area contributed by atoms with Crippen LogP contribution in [-0.2, 0) is 0 Å². The van der Waals surface area contributed by atoms with E-state index in [1.165, 1.54) is 0 Å². The first kappa shape index (κ1) is 21.9. The minimum atomic E-state index is -0.0847. The molecule has 36 heavy (non-hydrogen) atoms. The van der Waals surface area contributed by atoms with Crippen molar-refractivity contribution in [2.75, 3.05) is 14.2 Å². The molecule has 0 unspecified atom stereocenters. The Labute approximate surface area is 209 Å². The fourth-order valence-corrected chi connectivity index (χ4v) is 5.05. The monoisotopic (exact) mass is 468 g/mol. The van der Waals surface area contributed by atoms with Crippen molar-refractivity contribution in [3.63, 3.8) is 0 Å². The zero-order valence-electron chi connectivity index (χ0n) is 20.1. The van der Waals surface area contributed by atoms with Crippen LogP contribution in [0.4, 0.5) is 0 Å². The summed E-state index contributed by atoms with van der Waals surface area (Å²) in [6, 6.07) is 36.3. The number of rotatable bonds is 5. The van der Waals surface area contributed by atoms with Crippen molar-refractivity contribution in [3.8, 4) is 22.6 Å². The highest BCUT2D eigenvalue weighted by molar-refractivity contribution is 6.22. The first-order valence-corrected chi connectivity index (χ1v) is 11.9. The summed E-state index contributed by atoms with van der Waals surface area (Å²) >= 11 is 0. The Hall–Kier alpha value is -4.63. The quantitative estimate of drug-likeness (QED) is 0.240. The summed E-state index contributed by atoms with van der Waals surface area (Å²) in [7, 11) is 3.27. The van der Waals surface area contributed by atoms with Gasteiger partial charge in [-0.05, 0) is 56.8 Å². The highest BCUT2D eigenvalue weighted by Gasteiger charge is 2.23. The van der Waals surface area contributed by atoms with Crippen LogP contribution in [-0.4, -0.2) is 20.0 Å². The Morgan fingerprint density at radius 3 is 1.78 bits per heavy atom. The lowest BCUT2D eigenvalue weighted by Gasteiger charge is -2.18. The molecule has 0 amide bonds. The maximum Gasteiger partial charge on any atom is 0.197 e. The molecule has 174 valence electrons. The van der Waals surface area contributed by atoms with Gasteiger partial charge in [0.1, 0.15) is 11.5 Å². The maximum atomic E-state index is 14.2. The molecule has 0 heterocycles. The van der Waals surface area contributed by atoms with Crippen molar-refractivity contribution < 1.29 is 14.3 Å². The molecule has 3 nitrogen and oxygen atoms in total. The van der Waals surface area contributed by atoms with E-state index in [2.05, 4.69) is 30.3 Å². The molecule has 3 heteroatoms. The van der Waals surface area contributed by atoms with Gasteiger partial charge in [-0.2, -0.15) is 0 Å². The second-order valence-corrected chi connectivity index (χ2v) is 8.84. The smallest absolute Gasteiger partial charge is 0.197 e. The van der Waals surface area contributed by atoms with Crippen LogP contribution in [0, 0.1) is 0 Å². The van der Waals surface area contributed by atoms with Crippen molar-refractivity contribution in [2.45, 2.75) is 0 Å². The van der Waals surface area contributed by atoms with E-state index in [0.717, 1.165) is 43.4 Å².